The van der Waals surface area contributed by atoms with E-state index in [0.29, 0.717) is 19.2 Å². The van der Waals surface area contributed by atoms with Crippen LogP contribution in [-0.4, -0.2) is 47.4 Å². The van der Waals surface area contributed by atoms with Crippen molar-refractivity contribution in [3.05, 3.63) is 48.3 Å². The van der Waals surface area contributed by atoms with Crippen LogP contribution < -0.4 is 4.90 Å². The minimum Gasteiger partial charge on any atom is -0.377 e. The number of hydrogen-bond acceptors (Lipinski definition) is 6. The molecule has 0 N–H and O–H groups in total. The van der Waals surface area contributed by atoms with E-state index < -0.39 is 5.82 Å². The van der Waals surface area contributed by atoms with Crippen LogP contribution >= 0.6 is 0 Å². The summed E-state index contributed by atoms with van der Waals surface area (Å²) in [6.45, 7) is 3.56. The van der Waals surface area contributed by atoms with Crippen molar-refractivity contribution >= 4 is 5.95 Å². The van der Waals surface area contributed by atoms with E-state index >= 15 is 0 Å². The van der Waals surface area contributed by atoms with Gasteiger partial charge in [-0.05, 0) is 37.0 Å². The summed E-state index contributed by atoms with van der Waals surface area (Å²) < 4.78 is 25.3. The van der Waals surface area contributed by atoms with Gasteiger partial charge in [0.2, 0.25) is 5.95 Å². The van der Waals surface area contributed by atoms with E-state index in [9.17, 15) is 4.39 Å². The lowest BCUT2D eigenvalue weighted by molar-refractivity contribution is -0.127. The SMILES string of the molecule is Fc1cnc(N2CC[C@@H]3OCCC[C@]3(COCc3ccncc3)C2)nc1. The Kier molecular flexibility index (Phi) is 5.08. The molecule has 4 heterocycles. The third-order valence-electron chi connectivity index (χ3n) is 5.29. The monoisotopic (exact) mass is 358 g/mol. The molecule has 2 aromatic rings. The Hall–Kier alpha value is -2.12. The van der Waals surface area contributed by atoms with Gasteiger partial charge in [-0.3, -0.25) is 4.98 Å². The smallest absolute Gasteiger partial charge is 0.225 e. The van der Waals surface area contributed by atoms with E-state index in [-0.39, 0.29) is 11.5 Å². The molecule has 2 aliphatic rings. The molecule has 0 spiro atoms. The molecular weight excluding hydrogens is 335 g/mol. The molecular formula is C19H23FN4O2. The topological polar surface area (TPSA) is 60.4 Å². The Morgan fingerprint density at radius 2 is 2.08 bits per heavy atom. The van der Waals surface area contributed by atoms with Crippen LogP contribution in [0.1, 0.15) is 24.8 Å². The van der Waals surface area contributed by atoms with E-state index in [4.69, 9.17) is 9.47 Å². The summed E-state index contributed by atoms with van der Waals surface area (Å²) in [4.78, 5) is 14.5. The number of anilines is 1. The zero-order chi connectivity index (χ0) is 17.8. The van der Waals surface area contributed by atoms with Gasteiger partial charge in [0, 0.05) is 37.5 Å². The summed E-state index contributed by atoms with van der Waals surface area (Å²) in [5.74, 6) is 0.156. The lowest BCUT2D eigenvalue weighted by Crippen LogP contribution is -2.57. The summed E-state index contributed by atoms with van der Waals surface area (Å²) in [5.41, 5.74) is 1.03. The molecule has 2 fully saturated rings. The predicted octanol–water partition coefficient (Wildman–Crippen LogP) is 2.60. The zero-order valence-corrected chi connectivity index (χ0v) is 14.7. The van der Waals surface area contributed by atoms with Crippen molar-refractivity contribution in [1.82, 2.24) is 15.0 Å². The van der Waals surface area contributed by atoms with Gasteiger partial charge in [-0.2, -0.15) is 0 Å². The third kappa shape index (κ3) is 3.68. The molecule has 0 unspecified atom stereocenters. The molecule has 0 bridgehead atoms. The molecule has 2 atom stereocenters. The van der Waals surface area contributed by atoms with Crippen molar-refractivity contribution < 1.29 is 13.9 Å². The van der Waals surface area contributed by atoms with Gasteiger partial charge < -0.3 is 14.4 Å². The van der Waals surface area contributed by atoms with Crippen LogP contribution in [0, 0.1) is 11.2 Å². The van der Waals surface area contributed by atoms with Gasteiger partial charge >= 0.3 is 0 Å². The second kappa shape index (κ2) is 7.63. The first-order valence-corrected chi connectivity index (χ1v) is 9.06. The number of rotatable bonds is 5. The van der Waals surface area contributed by atoms with E-state index in [1.54, 1.807) is 12.4 Å². The molecule has 0 radical (unpaired) electrons. The van der Waals surface area contributed by atoms with Gasteiger partial charge in [0.15, 0.2) is 5.82 Å². The Balaban J connectivity index is 1.46. The number of piperidine rings is 1. The quantitative estimate of drug-likeness (QED) is 0.819. The Bertz CT molecular complexity index is 715. The molecule has 0 aliphatic carbocycles. The largest absolute Gasteiger partial charge is 0.377 e. The number of ether oxygens (including phenoxy) is 2. The fourth-order valence-electron chi connectivity index (χ4n) is 3.99. The minimum atomic E-state index is -0.417. The molecule has 4 rings (SSSR count). The average Bonchev–Trinajstić information content (AvgIpc) is 2.69. The minimum absolute atomic E-state index is 0.0821. The first-order valence-electron chi connectivity index (χ1n) is 9.06. The second-order valence-corrected chi connectivity index (χ2v) is 7.09. The van der Waals surface area contributed by atoms with Crippen LogP contribution in [0.15, 0.2) is 36.9 Å². The third-order valence-corrected chi connectivity index (χ3v) is 5.29. The van der Waals surface area contributed by atoms with Crippen LogP contribution in [0.25, 0.3) is 0 Å². The lowest BCUT2D eigenvalue weighted by atomic mass is 9.73. The van der Waals surface area contributed by atoms with Crippen molar-refractivity contribution in [2.75, 3.05) is 31.2 Å². The summed E-state index contributed by atoms with van der Waals surface area (Å²) in [5, 5.41) is 0. The van der Waals surface area contributed by atoms with Crippen LogP contribution in [0.3, 0.4) is 0 Å². The van der Waals surface area contributed by atoms with Gasteiger partial charge in [0.1, 0.15) is 0 Å². The van der Waals surface area contributed by atoms with E-state index in [2.05, 4.69) is 19.9 Å². The highest BCUT2D eigenvalue weighted by molar-refractivity contribution is 5.31. The molecule has 0 aromatic carbocycles. The number of nitrogens with zero attached hydrogens (tertiary/aromatic N) is 4. The zero-order valence-electron chi connectivity index (χ0n) is 14.7. The number of aromatic nitrogens is 3. The molecule has 26 heavy (non-hydrogen) atoms. The Morgan fingerprint density at radius 1 is 1.27 bits per heavy atom. The molecule has 138 valence electrons. The maximum absolute atomic E-state index is 13.1. The van der Waals surface area contributed by atoms with Crippen molar-refractivity contribution in [3.63, 3.8) is 0 Å². The van der Waals surface area contributed by atoms with E-state index in [1.807, 2.05) is 12.1 Å². The Morgan fingerprint density at radius 3 is 2.88 bits per heavy atom. The lowest BCUT2D eigenvalue weighted by Gasteiger charge is -2.50. The fraction of sp³-hybridized carbons (Fsp3) is 0.526. The molecule has 7 heteroatoms. The highest BCUT2D eigenvalue weighted by atomic mass is 19.1. The predicted molar refractivity (Wildman–Crippen MR) is 94.1 cm³/mol. The summed E-state index contributed by atoms with van der Waals surface area (Å²) in [6.07, 6.45) is 9.15. The van der Waals surface area contributed by atoms with Crippen LogP contribution in [0.2, 0.25) is 0 Å². The molecule has 0 amide bonds. The van der Waals surface area contributed by atoms with Gasteiger partial charge in [-0.1, -0.05) is 0 Å². The van der Waals surface area contributed by atoms with Crippen LogP contribution in [0.5, 0.6) is 0 Å². The molecule has 2 aliphatic heterocycles. The van der Waals surface area contributed by atoms with Gasteiger partial charge in [-0.15, -0.1) is 0 Å². The van der Waals surface area contributed by atoms with E-state index in [0.717, 1.165) is 44.5 Å². The highest BCUT2D eigenvalue weighted by Crippen LogP contribution is 2.41. The number of pyridine rings is 1. The maximum atomic E-state index is 13.1. The average molecular weight is 358 g/mol. The normalized spacial score (nSPS) is 25.7. The van der Waals surface area contributed by atoms with Crippen LogP contribution in [-0.2, 0) is 16.1 Å². The number of halogens is 1. The first-order chi connectivity index (χ1) is 12.8. The second-order valence-electron chi connectivity index (χ2n) is 7.09. The van der Waals surface area contributed by atoms with Gasteiger partial charge in [-0.25, -0.2) is 14.4 Å². The fourth-order valence-corrected chi connectivity index (χ4v) is 3.99. The van der Waals surface area contributed by atoms with Crippen molar-refractivity contribution in [2.45, 2.75) is 32.0 Å². The van der Waals surface area contributed by atoms with Crippen molar-refractivity contribution in [1.29, 1.82) is 0 Å². The van der Waals surface area contributed by atoms with Crippen molar-refractivity contribution in [3.8, 4) is 0 Å². The first kappa shape index (κ1) is 17.3. The van der Waals surface area contributed by atoms with Gasteiger partial charge in [0.05, 0.1) is 31.7 Å². The molecule has 6 nitrogen and oxygen atoms in total. The Labute approximate surface area is 152 Å². The van der Waals surface area contributed by atoms with Crippen LogP contribution in [0.4, 0.5) is 10.3 Å². The molecule has 0 saturated carbocycles. The highest BCUT2D eigenvalue weighted by Gasteiger charge is 2.46. The molecule has 2 saturated heterocycles. The number of hydrogen-bond donors (Lipinski definition) is 0. The van der Waals surface area contributed by atoms with Gasteiger partial charge in [0.25, 0.3) is 0 Å². The van der Waals surface area contributed by atoms with E-state index in [1.165, 1.54) is 12.4 Å². The summed E-state index contributed by atoms with van der Waals surface area (Å²) in [6, 6.07) is 3.93. The summed E-state index contributed by atoms with van der Waals surface area (Å²) >= 11 is 0. The van der Waals surface area contributed by atoms with Crippen molar-refractivity contribution in [2.24, 2.45) is 5.41 Å². The summed E-state index contributed by atoms with van der Waals surface area (Å²) in [7, 11) is 0. The molecule has 2 aromatic heterocycles. The number of fused-ring (bicyclic) bond motifs is 1. The maximum Gasteiger partial charge on any atom is 0.225 e. The standard InChI is InChI=1S/C19H23FN4O2/c20-16-10-22-18(23-11-16)24-8-4-17-19(13-24,5-1-9-26-17)14-25-12-15-2-6-21-7-3-15/h2-3,6-7,10-11,17H,1,4-5,8-9,12-14H2/t17-,19+/m0/s1.